The van der Waals surface area contributed by atoms with Gasteiger partial charge in [0.05, 0.1) is 4.92 Å². The molecule has 0 saturated heterocycles. The van der Waals surface area contributed by atoms with Crippen molar-refractivity contribution in [1.82, 2.24) is 9.97 Å². The lowest BCUT2D eigenvalue weighted by Crippen LogP contribution is -2.26. The van der Waals surface area contributed by atoms with E-state index in [0.717, 1.165) is 0 Å². The maximum absolute atomic E-state index is 10.3. The molecule has 14 heavy (non-hydrogen) atoms. The highest BCUT2D eigenvalue weighted by Crippen LogP contribution is 2.09. The second-order valence-electron chi connectivity index (χ2n) is 2.71. The van der Waals surface area contributed by atoms with Crippen LogP contribution in [-0.4, -0.2) is 35.0 Å². The largest absolute Gasteiger partial charge is 0.343 e. The summed E-state index contributed by atoms with van der Waals surface area (Å²) < 4.78 is 0. The first-order chi connectivity index (χ1) is 6.65. The van der Waals surface area contributed by atoms with Gasteiger partial charge in [-0.3, -0.25) is 10.1 Å². The number of likely N-dealkylation sites (N-methyl/N-ethyl adjacent to an activating group) is 1. The van der Waals surface area contributed by atoms with Gasteiger partial charge in [0.1, 0.15) is 12.4 Å². The number of aromatic nitrogens is 2. The first kappa shape index (κ1) is 10.3. The molecule has 1 aromatic rings. The molecule has 76 valence electrons. The molecule has 0 atom stereocenters. The average Bonchev–Trinajstić information content (AvgIpc) is 2.18. The minimum atomic E-state index is -0.535. The normalized spacial score (nSPS) is 9.86. The Morgan fingerprint density at radius 2 is 2.14 bits per heavy atom. The molecule has 1 rings (SSSR count). The lowest BCUT2D eigenvalue weighted by atomic mass is 10.5. The summed E-state index contributed by atoms with van der Waals surface area (Å²) in [6.07, 6.45) is 2.35. The number of anilines is 1. The fourth-order valence-corrected chi connectivity index (χ4v) is 0.899. The van der Waals surface area contributed by atoms with Crippen LogP contribution in [0.2, 0.25) is 0 Å². The highest BCUT2D eigenvalue weighted by molar-refractivity contribution is 5.32. The van der Waals surface area contributed by atoms with Gasteiger partial charge in [0, 0.05) is 20.1 Å². The third-order valence-electron chi connectivity index (χ3n) is 1.64. The van der Waals surface area contributed by atoms with Crippen molar-refractivity contribution in [2.24, 2.45) is 5.73 Å². The van der Waals surface area contributed by atoms with Crippen LogP contribution in [0, 0.1) is 10.1 Å². The van der Waals surface area contributed by atoms with Crippen molar-refractivity contribution < 1.29 is 4.92 Å². The lowest BCUT2D eigenvalue weighted by molar-refractivity contribution is -0.385. The molecule has 0 bridgehead atoms. The molecule has 0 aromatic carbocycles. The summed E-state index contributed by atoms with van der Waals surface area (Å²) in [5.74, 6) is 0.432. The summed E-state index contributed by atoms with van der Waals surface area (Å²) in [6, 6.07) is 0. The predicted octanol–water partition coefficient (Wildman–Crippen LogP) is -0.220. The molecule has 2 N–H and O–H groups in total. The predicted molar refractivity (Wildman–Crippen MR) is 51.0 cm³/mol. The van der Waals surface area contributed by atoms with Gasteiger partial charge < -0.3 is 10.6 Å². The molecular weight excluding hydrogens is 186 g/mol. The molecule has 7 heteroatoms. The number of rotatable bonds is 4. The van der Waals surface area contributed by atoms with Crippen molar-refractivity contribution in [2.45, 2.75) is 0 Å². The van der Waals surface area contributed by atoms with E-state index in [9.17, 15) is 10.1 Å². The monoisotopic (exact) mass is 197 g/mol. The van der Waals surface area contributed by atoms with Crippen LogP contribution in [0.4, 0.5) is 11.6 Å². The molecule has 0 amide bonds. The summed E-state index contributed by atoms with van der Waals surface area (Å²) in [7, 11) is 1.77. The highest BCUT2D eigenvalue weighted by atomic mass is 16.6. The van der Waals surface area contributed by atoms with Gasteiger partial charge in [-0.2, -0.15) is 0 Å². The van der Waals surface area contributed by atoms with Crippen LogP contribution in [0.25, 0.3) is 0 Å². The third kappa shape index (κ3) is 2.36. The van der Waals surface area contributed by atoms with Gasteiger partial charge in [-0.15, -0.1) is 0 Å². The Hall–Kier alpha value is -1.76. The Morgan fingerprint density at radius 3 is 2.57 bits per heavy atom. The SMILES string of the molecule is CN(CCN)c1ncc([N+](=O)[O-])cn1. The molecule has 1 aromatic heterocycles. The van der Waals surface area contributed by atoms with Crippen molar-refractivity contribution in [3.63, 3.8) is 0 Å². The first-order valence-electron chi connectivity index (χ1n) is 4.03. The molecule has 0 aliphatic heterocycles. The minimum absolute atomic E-state index is 0.116. The van der Waals surface area contributed by atoms with Crippen molar-refractivity contribution >= 4 is 11.6 Å². The molecule has 0 aliphatic carbocycles. The quantitative estimate of drug-likeness (QED) is 0.529. The fraction of sp³-hybridized carbons (Fsp3) is 0.429. The third-order valence-corrected chi connectivity index (χ3v) is 1.64. The maximum Gasteiger partial charge on any atom is 0.305 e. The minimum Gasteiger partial charge on any atom is -0.343 e. The number of nitrogens with zero attached hydrogens (tertiary/aromatic N) is 4. The molecule has 0 radical (unpaired) electrons. The van der Waals surface area contributed by atoms with Gasteiger partial charge in [-0.25, -0.2) is 9.97 Å². The van der Waals surface area contributed by atoms with Crippen LogP contribution in [0.1, 0.15) is 0 Å². The second kappa shape index (κ2) is 4.47. The first-order valence-corrected chi connectivity index (χ1v) is 4.03. The van der Waals surface area contributed by atoms with Crippen LogP contribution in [0.15, 0.2) is 12.4 Å². The van der Waals surface area contributed by atoms with Crippen molar-refractivity contribution in [3.8, 4) is 0 Å². The fourth-order valence-electron chi connectivity index (χ4n) is 0.899. The Kier molecular flexibility index (Phi) is 3.29. The van der Waals surface area contributed by atoms with Crippen molar-refractivity contribution in [2.75, 3.05) is 25.0 Å². The van der Waals surface area contributed by atoms with E-state index in [2.05, 4.69) is 9.97 Å². The van der Waals surface area contributed by atoms with Crippen molar-refractivity contribution in [3.05, 3.63) is 22.5 Å². The van der Waals surface area contributed by atoms with Gasteiger partial charge in [0.25, 0.3) is 0 Å². The van der Waals surface area contributed by atoms with Crippen molar-refractivity contribution in [1.29, 1.82) is 0 Å². The van der Waals surface area contributed by atoms with Crippen LogP contribution in [0.5, 0.6) is 0 Å². The summed E-state index contributed by atoms with van der Waals surface area (Å²) in [5.41, 5.74) is 5.22. The molecular formula is C7H11N5O2. The average molecular weight is 197 g/mol. The molecule has 7 nitrogen and oxygen atoms in total. The van der Waals surface area contributed by atoms with Crippen LogP contribution >= 0.6 is 0 Å². The highest BCUT2D eigenvalue weighted by Gasteiger charge is 2.08. The van der Waals surface area contributed by atoms with Crippen LogP contribution in [-0.2, 0) is 0 Å². The molecule has 0 aliphatic rings. The zero-order chi connectivity index (χ0) is 10.6. The summed E-state index contributed by atoms with van der Waals surface area (Å²) in [5, 5.41) is 10.3. The molecule has 0 fully saturated rings. The van der Waals surface area contributed by atoms with E-state index in [1.165, 1.54) is 12.4 Å². The Balaban J connectivity index is 2.77. The zero-order valence-electron chi connectivity index (χ0n) is 7.75. The summed E-state index contributed by atoms with van der Waals surface area (Å²) in [4.78, 5) is 19.2. The van der Waals surface area contributed by atoms with E-state index >= 15 is 0 Å². The van der Waals surface area contributed by atoms with Gasteiger partial charge >= 0.3 is 5.69 Å². The summed E-state index contributed by atoms with van der Waals surface area (Å²) in [6.45, 7) is 1.09. The maximum atomic E-state index is 10.3. The van der Waals surface area contributed by atoms with Crippen LogP contribution in [0.3, 0.4) is 0 Å². The Labute approximate surface area is 80.7 Å². The topological polar surface area (TPSA) is 98.2 Å². The zero-order valence-corrected chi connectivity index (χ0v) is 7.75. The van der Waals surface area contributed by atoms with Gasteiger partial charge in [0.2, 0.25) is 5.95 Å². The molecule has 0 saturated carbocycles. The Bertz CT molecular complexity index is 312. The molecule has 0 unspecified atom stereocenters. The number of hydrogen-bond donors (Lipinski definition) is 1. The summed E-state index contributed by atoms with van der Waals surface area (Å²) >= 11 is 0. The standard InChI is InChI=1S/C7H11N5O2/c1-11(3-2-8)7-9-4-6(5-10-7)12(13)14/h4-5H,2-3,8H2,1H3. The second-order valence-corrected chi connectivity index (χ2v) is 2.71. The van der Waals surface area contributed by atoms with Crippen LogP contribution < -0.4 is 10.6 Å². The smallest absolute Gasteiger partial charge is 0.305 e. The van der Waals surface area contributed by atoms with E-state index in [0.29, 0.717) is 19.0 Å². The van der Waals surface area contributed by atoms with E-state index in [1.807, 2.05) is 0 Å². The molecule has 1 heterocycles. The van der Waals surface area contributed by atoms with E-state index in [1.54, 1.807) is 11.9 Å². The van der Waals surface area contributed by atoms with Gasteiger partial charge in [-0.05, 0) is 0 Å². The number of nitro groups is 1. The number of hydrogen-bond acceptors (Lipinski definition) is 6. The van der Waals surface area contributed by atoms with E-state index < -0.39 is 4.92 Å². The lowest BCUT2D eigenvalue weighted by Gasteiger charge is -2.14. The van der Waals surface area contributed by atoms with Gasteiger partial charge in [0.15, 0.2) is 0 Å². The number of nitrogens with two attached hydrogens (primary N) is 1. The van der Waals surface area contributed by atoms with E-state index in [-0.39, 0.29) is 5.69 Å². The van der Waals surface area contributed by atoms with Gasteiger partial charge in [-0.1, -0.05) is 0 Å². The van der Waals surface area contributed by atoms with E-state index in [4.69, 9.17) is 5.73 Å². The Morgan fingerprint density at radius 1 is 1.57 bits per heavy atom. The molecule has 0 spiro atoms.